The Morgan fingerprint density at radius 2 is 1.59 bits per heavy atom. The van der Waals surface area contributed by atoms with Crippen molar-refractivity contribution in [1.29, 1.82) is 0 Å². The van der Waals surface area contributed by atoms with Crippen LogP contribution in [0.1, 0.15) is 15.9 Å². The van der Waals surface area contributed by atoms with Crippen molar-refractivity contribution >= 4 is 16.7 Å². The molecular formula is C20H15NO. The van der Waals surface area contributed by atoms with Gasteiger partial charge < -0.3 is 5.32 Å². The Balaban J connectivity index is 1.64. The molecule has 0 aliphatic rings. The maximum atomic E-state index is 11.9. The van der Waals surface area contributed by atoms with Gasteiger partial charge in [-0.2, -0.15) is 0 Å². The van der Waals surface area contributed by atoms with Crippen molar-refractivity contribution in [2.75, 3.05) is 6.54 Å². The minimum atomic E-state index is -0.103. The van der Waals surface area contributed by atoms with Gasteiger partial charge in [0.15, 0.2) is 0 Å². The largest absolute Gasteiger partial charge is 0.341 e. The Bertz CT molecular complexity index is 857. The zero-order valence-electron chi connectivity index (χ0n) is 12.0. The monoisotopic (exact) mass is 285 g/mol. The molecule has 0 atom stereocenters. The Hall–Kier alpha value is -3.05. The average Bonchev–Trinajstić information content (AvgIpc) is 2.59. The van der Waals surface area contributed by atoms with Crippen LogP contribution < -0.4 is 5.32 Å². The number of nitrogens with one attached hydrogen (secondary N) is 1. The van der Waals surface area contributed by atoms with Gasteiger partial charge in [-0.1, -0.05) is 60.4 Å². The van der Waals surface area contributed by atoms with Crippen LogP contribution in [0.15, 0.2) is 72.8 Å². The Kier molecular flexibility index (Phi) is 4.17. The molecule has 0 saturated heterocycles. The molecule has 3 aromatic carbocycles. The highest BCUT2D eigenvalue weighted by Gasteiger charge is 2.01. The lowest BCUT2D eigenvalue weighted by molar-refractivity contribution is 0.0958. The number of rotatable bonds is 2. The summed E-state index contributed by atoms with van der Waals surface area (Å²) in [5.74, 6) is 5.96. The summed E-state index contributed by atoms with van der Waals surface area (Å²) in [6.07, 6.45) is 0. The third kappa shape index (κ3) is 3.34. The summed E-state index contributed by atoms with van der Waals surface area (Å²) >= 11 is 0. The standard InChI is InChI=1S/C20H15NO/c22-20(18-9-2-1-3-10-18)21-14-6-7-16-12-13-17-8-4-5-11-19(17)15-16/h1-5,8-13,15H,14H2,(H,21,22). The third-order valence-electron chi connectivity index (χ3n) is 3.36. The molecule has 0 heterocycles. The first-order valence-corrected chi connectivity index (χ1v) is 7.14. The average molecular weight is 285 g/mol. The molecule has 2 nitrogen and oxygen atoms in total. The quantitative estimate of drug-likeness (QED) is 0.716. The van der Waals surface area contributed by atoms with Gasteiger partial charge in [0.2, 0.25) is 0 Å². The van der Waals surface area contributed by atoms with E-state index >= 15 is 0 Å². The van der Waals surface area contributed by atoms with E-state index in [4.69, 9.17) is 0 Å². The van der Waals surface area contributed by atoms with Crippen LogP contribution in [0.2, 0.25) is 0 Å². The van der Waals surface area contributed by atoms with Crippen molar-refractivity contribution in [3.63, 3.8) is 0 Å². The van der Waals surface area contributed by atoms with Crippen LogP contribution in [0.3, 0.4) is 0 Å². The predicted octanol–water partition coefficient (Wildman–Crippen LogP) is 3.62. The minimum absolute atomic E-state index is 0.103. The van der Waals surface area contributed by atoms with E-state index in [2.05, 4.69) is 41.4 Å². The van der Waals surface area contributed by atoms with Gasteiger partial charge in [-0.05, 0) is 35.0 Å². The fourth-order valence-corrected chi connectivity index (χ4v) is 2.23. The molecule has 0 saturated carbocycles. The Labute approximate surface area is 129 Å². The Morgan fingerprint density at radius 1 is 0.864 bits per heavy atom. The molecule has 0 spiro atoms. The van der Waals surface area contributed by atoms with E-state index in [9.17, 15) is 4.79 Å². The first kappa shape index (κ1) is 13.9. The summed E-state index contributed by atoms with van der Waals surface area (Å²) in [5.41, 5.74) is 1.60. The van der Waals surface area contributed by atoms with E-state index in [-0.39, 0.29) is 5.91 Å². The molecule has 2 heteroatoms. The molecular weight excluding hydrogens is 270 g/mol. The summed E-state index contributed by atoms with van der Waals surface area (Å²) in [6.45, 7) is 0.334. The fourth-order valence-electron chi connectivity index (χ4n) is 2.23. The molecule has 3 rings (SSSR count). The molecule has 0 fully saturated rings. The van der Waals surface area contributed by atoms with Gasteiger partial charge in [0.05, 0.1) is 6.54 Å². The number of hydrogen-bond acceptors (Lipinski definition) is 1. The number of carbonyl (C=O) groups excluding carboxylic acids is 1. The minimum Gasteiger partial charge on any atom is -0.341 e. The van der Waals surface area contributed by atoms with Crippen molar-refractivity contribution in [2.24, 2.45) is 0 Å². The highest BCUT2D eigenvalue weighted by Crippen LogP contribution is 2.14. The highest BCUT2D eigenvalue weighted by atomic mass is 16.1. The number of carbonyl (C=O) groups is 1. The van der Waals surface area contributed by atoms with Gasteiger partial charge in [-0.25, -0.2) is 0 Å². The van der Waals surface area contributed by atoms with E-state index < -0.39 is 0 Å². The summed E-state index contributed by atoms with van der Waals surface area (Å²) in [7, 11) is 0. The zero-order chi connectivity index (χ0) is 15.2. The van der Waals surface area contributed by atoms with Gasteiger partial charge in [0.1, 0.15) is 0 Å². The van der Waals surface area contributed by atoms with Crippen LogP contribution in [0.5, 0.6) is 0 Å². The van der Waals surface area contributed by atoms with Gasteiger partial charge in [0.25, 0.3) is 5.91 Å². The summed E-state index contributed by atoms with van der Waals surface area (Å²) < 4.78 is 0. The van der Waals surface area contributed by atoms with Crippen LogP contribution in [-0.2, 0) is 0 Å². The molecule has 1 amide bonds. The van der Waals surface area contributed by atoms with E-state index in [1.165, 1.54) is 10.8 Å². The molecule has 22 heavy (non-hydrogen) atoms. The van der Waals surface area contributed by atoms with E-state index in [0.29, 0.717) is 12.1 Å². The first-order valence-electron chi connectivity index (χ1n) is 7.14. The van der Waals surface area contributed by atoms with E-state index in [1.54, 1.807) is 12.1 Å². The van der Waals surface area contributed by atoms with Gasteiger partial charge >= 0.3 is 0 Å². The Morgan fingerprint density at radius 3 is 2.41 bits per heavy atom. The van der Waals surface area contributed by atoms with Crippen molar-refractivity contribution in [2.45, 2.75) is 0 Å². The van der Waals surface area contributed by atoms with Crippen LogP contribution in [-0.4, -0.2) is 12.5 Å². The lowest BCUT2D eigenvalue weighted by Gasteiger charge is -2.00. The van der Waals surface area contributed by atoms with Crippen molar-refractivity contribution in [1.82, 2.24) is 5.32 Å². The SMILES string of the molecule is O=C(NCC#Cc1ccc2ccccc2c1)c1ccccc1. The van der Waals surface area contributed by atoms with Crippen LogP contribution in [0.25, 0.3) is 10.8 Å². The van der Waals surface area contributed by atoms with Gasteiger partial charge in [-0.3, -0.25) is 4.79 Å². The molecule has 0 aliphatic heterocycles. The van der Waals surface area contributed by atoms with Gasteiger partial charge in [-0.15, -0.1) is 0 Å². The summed E-state index contributed by atoms with van der Waals surface area (Å²) in [6, 6.07) is 23.4. The molecule has 106 valence electrons. The molecule has 0 bridgehead atoms. The second-order valence-corrected chi connectivity index (χ2v) is 4.91. The molecule has 0 unspecified atom stereocenters. The van der Waals surface area contributed by atoms with E-state index in [0.717, 1.165) is 5.56 Å². The first-order chi connectivity index (χ1) is 10.8. The summed E-state index contributed by atoms with van der Waals surface area (Å²) in [4.78, 5) is 11.9. The molecule has 0 aromatic heterocycles. The molecule has 0 aliphatic carbocycles. The van der Waals surface area contributed by atoms with Crippen molar-refractivity contribution in [3.05, 3.63) is 83.9 Å². The number of benzene rings is 3. The zero-order valence-corrected chi connectivity index (χ0v) is 12.0. The molecule has 3 aromatic rings. The van der Waals surface area contributed by atoms with E-state index in [1.807, 2.05) is 36.4 Å². The maximum Gasteiger partial charge on any atom is 0.252 e. The lowest BCUT2D eigenvalue weighted by Crippen LogP contribution is -2.23. The van der Waals surface area contributed by atoms with Crippen molar-refractivity contribution in [3.8, 4) is 11.8 Å². The molecule has 1 N–H and O–H groups in total. The number of fused-ring (bicyclic) bond motifs is 1. The maximum absolute atomic E-state index is 11.9. The van der Waals surface area contributed by atoms with Crippen LogP contribution in [0, 0.1) is 11.8 Å². The van der Waals surface area contributed by atoms with Gasteiger partial charge in [0, 0.05) is 11.1 Å². The van der Waals surface area contributed by atoms with Crippen molar-refractivity contribution < 1.29 is 4.79 Å². The second kappa shape index (κ2) is 6.60. The number of hydrogen-bond donors (Lipinski definition) is 1. The third-order valence-corrected chi connectivity index (χ3v) is 3.36. The van der Waals surface area contributed by atoms with Crippen LogP contribution >= 0.6 is 0 Å². The highest BCUT2D eigenvalue weighted by molar-refractivity contribution is 5.94. The topological polar surface area (TPSA) is 29.1 Å². The smallest absolute Gasteiger partial charge is 0.252 e. The number of amides is 1. The molecule has 0 radical (unpaired) electrons. The normalized spacial score (nSPS) is 9.82. The van der Waals surface area contributed by atoms with Crippen LogP contribution in [0.4, 0.5) is 0 Å². The fraction of sp³-hybridized carbons (Fsp3) is 0.0500. The second-order valence-electron chi connectivity index (χ2n) is 4.91. The lowest BCUT2D eigenvalue weighted by atomic mass is 10.1. The predicted molar refractivity (Wildman–Crippen MR) is 89.6 cm³/mol. The summed E-state index contributed by atoms with van der Waals surface area (Å²) in [5, 5.41) is 5.16.